The van der Waals surface area contributed by atoms with Crippen LogP contribution in [0.15, 0.2) is 24.3 Å². The third-order valence-corrected chi connectivity index (χ3v) is 2.78. The zero-order valence-corrected chi connectivity index (χ0v) is 10.2. The van der Waals surface area contributed by atoms with Gasteiger partial charge in [0, 0.05) is 12.1 Å². The van der Waals surface area contributed by atoms with Crippen molar-refractivity contribution in [1.29, 1.82) is 0 Å². The Morgan fingerprint density at radius 2 is 1.05 bits per heavy atom. The molecule has 0 unspecified atom stereocenters. The normalized spacial score (nSPS) is 10.4. The lowest BCUT2D eigenvalue weighted by Gasteiger charge is -2.09. The molecule has 104 valence electrons. The number of carbonyl (C=O) groups is 1. The minimum atomic E-state index is -0.800. The maximum atomic E-state index is 12.2. The fraction of sp³-hybridized carbons (Fsp3) is 0. The Morgan fingerprint density at radius 1 is 0.700 bits per heavy atom. The van der Waals surface area contributed by atoms with Gasteiger partial charge >= 0.3 is 0 Å². The third-order valence-electron chi connectivity index (χ3n) is 2.78. The van der Waals surface area contributed by atoms with Crippen molar-refractivity contribution in [3.63, 3.8) is 0 Å². The molecule has 0 amide bonds. The number of aromatic hydroxyl groups is 4. The van der Waals surface area contributed by atoms with Crippen LogP contribution in [0.25, 0.3) is 0 Å². The van der Waals surface area contributed by atoms with Crippen molar-refractivity contribution in [2.24, 2.45) is 0 Å². The lowest BCUT2D eigenvalue weighted by molar-refractivity contribution is 0.103. The molecule has 7 heteroatoms. The van der Waals surface area contributed by atoms with Crippen molar-refractivity contribution in [2.45, 2.75) is 0 Å². The van der Waals surface area contributed by atoms with Gasteiger partial charge in [-0.2, -0.15) is 0 Å². The number of hydrogen-bond donors (Lipinski definition) is 6. The Morgan fingerprint density at radius 3 is 1.40 bits per heavy atom. The number of phenols is 4. The molecule has 0 bridgehead atoms. The van der Waals surface area contributed by atoms with Crippen LogP contribution in [0.2, 0.25) is 0 Å². The molecule has 2 rings (SSSR count). The van der Waals surface area contributed by atoms with E-state index in [9.17, 15) is 25.2 Å². The van der Waals surface area contributed by atoms with Crippen LogP contribution in [0.4, 0.5) is 11.4 Å². The summed E-state index contributed by atoms with van der Waals surface area (Å²) in [6.45, 7) is 0. The summed E-state index contributed by atoms with van der Waals surface area (Å²) in [5.74, 6) is -2.48. The molecule has 20 heavy (non-hydrogen) atoms. The highest BCUT2D eigenvalue weighted by atomic mass is 16.3. The molecule has 0 heterocycles. The quantitative estimate of drug-likeness (QED) is 0.206. The zero-order chi connectivity index (χ0) is 15.0. The first kappa shape index (κ1) is 13.3. The van der Waals surface area contributed by atoms with Gasteiger partial charge in [-0.3, -0.25) is 4.79 Å². The third kappa shape index (κ3) is 2.12. The van der Waals surface area contributed by atoms with E-state index in [0.29, 0.717) is 0 Å². The number of ketones is 1. The molecule has 0 spiro atoms. The second kappa shape index (κ2) is 4.54. The molecule has 0 aromatic heterocycles. The van der Waals surface area contributed by atoms with E-state index >= 15 is 0 Å². The van der Waals surface area contributed by atoms with Crippen molar-refractivity contribution < 1.29 is 25.2 Å². The summed E-state index contributed by atoms with van der Waals surface area (Å²) in [6, 6.07) is 3.97. The number of phenolic OH excluding ortho intramolecular Hbond substituents is 4. The topological polar surface area (TPSA) is 150 Å². The average Bonchev–Trinajstić information content (AvgIpc) is 2.37. The van der Waals surface area contributed by atoms with Gasteiger partial charge in [0.25, 0.3) is 0 Å². The molecule has 8 N–H and O–H groups in total. The number of benzene rings is 2. The molecule has 0 atom stereocenters. The van der Waals surface area contributed by atoms with Crippen molar-refractivity contribution >= 4 is 17.2 Å². The highest BCUT2D eigenvalue weighted by Gasteiger charge is 2.20. The van der Waals surface area contributed by atoms with Crippen LogP contribution < -0.4 is 11.5 Å². The van der Waals surface area contributed by atoms with E-state index in [1.807, 2.05) is 0 Å². The fourth-order valence-corrected chi connectivity index (χ4v) is 1.69. The minimum Gasteiger partial charge on any atom is -0.507 e. The van der Waals surface area contributed by atoms with Gasteiger partial charge in [0.2, 0.25) is 5.78 Å². The number of carbonyl (C=O) groups excluding carboxylic acids is 1. The van der Waals surface area contributed by atoms with E-state index in [0.717, 1.165) is 24.3 Å². The van der Waals surface area contributed by atoms with Gasteiger partial charge < -0.3 is 31.9 Å². The number of hydrogen-bond acceptors (Lipinski definition) is 7. The maximum Gasteiger partial charge on any atom is 0.200 e. The second-order valence-corrected chi connectivity index (χ2v) is 4.19. The smallest absolute Gasteiger partial charge is 0.200 e. The van der Waals surface area contributed by atoms with Crippen molar-refractivity contribution in [1.82, 2.24) is 0 Å². The molecule has 0 aliphatic carbocycles. The van der Waals surface area contributed by atoms with E-state index in [-0.39, 0.29) is 34.0 Å². The van der Waals surface area contributed by atoms with E-state index in [1.165, 1.54) is 0 Å². The van der Waals surface area contributed by atoms with Crippen molar-refractivity contribution in [3.8, 4) is 23.0 Å². The first-order chi connectivity index (χ1) is 9.31. The Labute approximate surface area is 113 Å². The Hall–Kier alpha value is -3.09. The summed E-state index contributed by atoms with van der Waals surface area (Å²) in [6.07, 6.45) is 0. The van der Waals surface area contributed by atoms with Crippen LogP contribution in [0.5, 0.6) is 23.0 Å². The lowest BCUT2D eigenvalue weighted by Crippen LogP contribution is -2.03. The van der Waals surface area contributed by atoms with Gasteiger partial charge in [-0.25, -0.2) is 0 Å². The van der Waals surface area contributed by atoms with E-state index < -0.39 is 17.3 Å². The minimum absolute atomic E-state index is 0.0941. The molecule has 7 nitrogen and oxygen atoms in total. The first-order valence-electron chi connectivity index (χ1n) is 5.49. The molecule has 0 saturated carbocycles. The van der Waals surface area contributed by atoms with Gasteiger partial charge in [-0.15, -0.1) is 0 Å². The summed E-state index contributed by atoms with van der Waals surface area (Å²) < 4.78 is 0. The van der Waals surface area contributed by atoms with Gasteiger partial charge in [0.1, 0.15) is 23.0 Å². The highest BCUT2D eigenvalue weighted by molar-refractivity contribution is 6.13. The van der Waals surface area contributed by atoms with Crippen LogP contribution in [0, 0.1) is 0 Å². The Kier molecular flexibility index (Phi) is 3.03. The van der Waals surface area contributed by atoms with E-state index in [2.05, 4.69) is 0 Å². The van der Waals surface area contributed by atoms with Gasteiger partial charge in [-0.1, -0.05) is 0 Å². The van der Waals surface area contributed by atoms with Gasteiger partial charge in [-0.05, 0) is 12.1 Å². The van der Waals surface area contributed by atoms with Gasteiger partial charge in [0.05, 0.1) is 22.5 Å². The standard InChI is InChI=1S/C13H12N2O5/c14-7-3-9(16)5(1-11(7)18)13(20)6-2-12(19)8(15)4-10(6)17/h1-4,16-19H,14-15H2. The first-order valence-corrected chi connectivity index (χ1v) is 5.49. The van der Waals surface area contributed by atoms with E-state index in [1.54, 1.807) is 0 Å². The second-order valence-electron chi connectivity index (χ2n) is 4.19. The zero-order valence-electron chi connectivity index (χ0n) is 10.2. The lowest BCUT2D eigenvalue weighted by atomic mass is 10.00. The number of rotatable bonds is 2. The number of anilines is 2. The summed E-state index contributed by atoms with van der Waals surface area (Å²) in [5.41, 5.74) is 10.0. The molecular weight excluding hydrogens is 264 g/mol. The molecule has 0 aliphatic rings. The molecule has 2 aromatic carbocycles. The van der Waals surface area contributed by atoms with E-state index in [4.69, 9.17) is 11.5 Å². The van der Waals surface area contributed by atoms with Crippen LogP contribution in [-0.2, 0) is 0 Å². The maximum absolute atomic E-state index is 12.2. The molecule has 2 aromatic rings. The van der Waals surface area contributed by atoms with Crippen molar-refractivity contribution in [2.75, 3.05) is 11.5 Å². The highest BCUT2D eigenvalue weighted by Crippen LogP contribution is 2.35. The molecule has 0 fully saturated rings. The SMILES string of the molecule is Nc1cc(O)c(C(=O)c2cc(O)c(N)cc2O)cc1O. The molecular formula is C13H12N2O5. The predicted molar refractivity (Wildman–Crippen MR) is 71.8 cm³/mol. The van der Waals surface area contributed by atoms with Crippen LogP contribution in [0.3, 0.4) is 0 Å². The number of nitrogens with two attached hydrogens (primary N) is 2. The molecule has 0 saturated heterocycles. The molecule has 0 aliphatic heterocycles. The van der Waals surface area contributed by atoms with Crippen LogP contribution in [-0.4, -0.2) is 26.2 Å². The fourth-order valence-electron chi connectivity index (χ4n) is 1.69. The van der Waals surface area contributed by atoms with Gasteiger partial charge in [0.15, 0.2) is 0 Å². The number of nitrogen functional groups attached to an aromatic ring is 2. The van der Waals surface area contributed by atoms with Crippen LogP contribution in [0.1, 0.15) is 15.9 Å². The Balaban J connectivity index is 2.57. The predicted octanol–water partition coefficient (Wildman–Crippen LogP) is 0.904. The van der Waals surface area contributed by atoms with Crippen LogP contribution >= 0.6 is 0 Å². The van der Waals surface area contributed by atoms with Crippen molar-refractivity contribution in [3.05, 3.63) is 35.4 Å². The molecule has 0 radical (unpaired) electrons. The average molecular weight is 276 g/mol. The summed E-state index contributed by atoms with van der Waals surface area (Å²) in [5, 5.41) is 38.3. The summed E-state index contributed by atoms with van der Waals surface area (Å²) in [7, 11) is 0. The Bertz CT molecular complexity index is 653. The monoisotopic (exact) mass is 276 g/mol. The summed E-state index contributed by atoms with van der Waals surface area (Å²) >= 11 is 0. The largest absolute Gasteiger partial charge is 0.507 e. The summed E-state index contributed by atoms with van der Waals surface area (Å²) in [4.78, 5) is 12.2.